The highest BCUT2D eigenvalue weighted by Crippen LogP contribution is 2.14. The van der Waals surface area contributed by atoms with Crippen LogP contribution in [0.2, 0.25) is 0 Å². The second-order valence-electron chi connectivity index (χ2n) is 2.75. The molecule has 1 heterocycles. The maximum absolute atomic E-state index is 5.51. The molecule has 0 fully saturated rings. The lowest BCUT2D eigenvalue weighted by molar-refractivity contribution is 0.227. The first-order valence-electron chi connectivity index (χ1n) is 4.02. The molecule has 0 saturated heterocycles. The molecule has 2 N–H and O–H groups in total. The van der Waals surface area contributed by atoms with E-state index in [1.165, 1.54) is 0 Å². The molecule has 0 aliphatic heterocycles. The van der Waals surface area contributed by atoms with Crippen LogP contribution < -0.4 is 10.5 Å². The quantitative estimate of drug-likeness (QED) is 0.731. The van der Waals surface area contributed by atoms with Crippen LogP contribution in [0, 0.1) is 6.92 Å². The van der Waals surface area contributed by atoms with Gasteiger partial charge in [-0.15, -0.1) is 0 Å². The van der Waals surface area contributed by atoms with Crippen LogP contribution in [0.4, 0.5) is 0 Å². The van der Waals surface area contributed by atoms with Gasteiger partial charge in [-0.3, -0.25) is 4.98 Å². The number of nitrogens with zero attached hydrogens (tertiary/aromatic N) is 1. The van der Waals surface area contributed by atoms with Crippen molar-refractivity contribution in [3.05, 3.63) is 24.0 Å². The summed E-state index contributed by atoms with van der Waals surface area (Å²) in [6.07, 6.45) is 1.79. The van der Waals surface area contributed by atoms with Crippen LogP contribution in [0.25, 0.3) is 0 Å². The summed E-state index contributed by atoms with van der Waals surface area (Å²) in [5.74, 6) is 0.815. The Hall–Kier alpha value is -1.09. The van der Waals surface area contributed by atoms with Crippen molar-refractivity contribution in [3.8, 4) is 5.75 Å². The SMILES string of the molecule is Cc1ncccc1OC(C)CN. The van der Waals surface area contributed by atoms with E-state index in [0.717, 1.165) is 11.4 Å². The van der Waals surface area contributed by atoms with Gasteiger partial charge in [0.25, 0.3) is 0 Å². The zero-order valence-corrected chi connectivity index (χ0v) is 7.45. The average molecular weight is 166 g/mol. The Bertz CT molecular complexity index is 250. The van der Waals surface area contributed by atoms with Crippen molar-refractivity contribution in [2.24, 2.45) is 5.73 Å². The van der Waals surface area contributed by atoms with Crippen molar-refractivity contribution in [2.45, 2.75) is 20.0 Å². The van der Waals surface area contributed by atoms with Crippen LogP contribution in [0.1, 0.15) is 12.6 Å². The van der Waals surface area contributed by atoms with Gasteiger partial charge in [-0.2, -0.15) is 0 Å². The Kier molecular flexibility index (Phi) is 3.05. The van der Waals surface area contributed by atoms with Crippen molar-refractivity contribution in [2.75, 3.05) is 6.54 Å². The summed E-state index contributed by atoms with van der Waals surface area (Å²) in [6, 6.07) is 3.75. The monoisotopic (exact) mass is 166 g/mol. The lowest BCUT2D eigenvalue weighted by Crippen LogP contribution is -2.23. The van der Waals surface area contributed by atoms with E-state index >= 15 is 0 Å². The topological polar surface area (TPSA) is 48.1 Å². The van der Waals surface area contributed by atoms with Crippen molar-refractivity contribution in [1.82, 2.24) is 4.98 Å². The molecule has 3 heteroatoms. The molecule has 0 aromatic carbocycles. The smallest absolute Gasteiger partial charge is 0.140 e. The number of aryl methyl sites for hydroxylation is 1. The molecule has 1 aromatic rings. The van der Waals surface area contributed by atoms with Gasteiger partial charge in [0, 0.05) is 12.7 Å². The van der Waals surface area contributed by atoms with Gasteiger partial charge in [0.15, 0.2) is 0 Å². The third-order valence-electron chi connectivity index (χ3n) is 1.62. The molecule has 0 radical (unpaired) electrons. The molecule has 0 aliphatic rings. The minimum absolute atomic E-state index is 0.0490. The first kappa shape index (κ1) is 9.00. The fourth-order valence-electron chi connectivity index (χ4n) is 0.859. The van der Waals surface area contributed by atoms with Crippen LogP contribution in [0.5, 0.6) is 5.75 Å². The highest BCUT2D eigenvalue weighted by Gasteiger charge is 2.03. The molecule has 1 unspecified atom stereocenters. The Labute approximate surface area is 72.6 Å². The molecule has 1 rings (SSSR count). The summed E-state index contributed by atoms with van der Waals surface area (Å²) >= 11 is 0. The number of nitrogens with two attached hydrogens (primary N) is 1. The van der Waals surface area contributed by atoms with Crippen molar-refractivity contribution >= 4 is 0 Å². The molecule has 66 valence electrons. The highest BCUT2D eigenvalue weighted by molar-refractivity contribution is 5.25. The second-order valence-corrected chi connectivity index (χ2v) is 2.75. The van der Waals surface area contributed by atoms with Crippen LogP contribution in [-0.2, 0) is 0 Å². The summed E-state index contributed by atoms with van der Waals surface area (Å²) in [6.45, 7) is 4.37. The zero-order chi connectivity index (χ0) is 8.97. The zero-order valence-electron chi connectivity index (χ0n) is 7.45. The Balaban J connectivity index is 2.69. The summed E-state index contributed by atoms with van der Waals surface area (Å²) in [5, 5.41) is 0. The minimum Gasteiger partial charge on any atom is -0.488 e. The lowest BCUT2D eigenvalue weighted by atomic mass is 10.3. The molecule has 0 saturated carbocycles. The molecule has 3 nitrogen and oxygen atoms in total. The lowest BCUT2D eigenvalue weighted by Gasteiger charge is -2.13. The first-order chi connectivity index (χ1) is 5.74. The van der Waals surface area contributed by atoms with Crippen molar-refractivity contribution in [3.63, 3.8) is 0 Å². The predicted octanol–water partition coefficient (Wildman–Crippen LogP) is 1.12. The summed E-state index contributed by atoms with van der Waals surface area (Å²) in [5.41, 5.74) is 6.33. The fraction of sp³-hybridized carbons (Fsp3) is 0.444. The largest absolute Gasteiger partial charge is 0.488 e. The van der Waals surface area contributed by atoms with Crippen LogP contribution in [0.15, 0.2) is 18.3 Å². The van der Waals surface area contributed by atoms with E-state index in [0.29, 0.717) is 6.54 Å². The standard InChI is InChI=1S/C9H14N2O/c1-7(6-10)12-9-4-3-5-11-8(9)2/h3-5,7H,6,10H2,1-2H3. The number of hydrogen-bond acceptors (Lipinski definition) is 3. The van der Waals surface area contributed by atoms with E-state index in [1.807, 2.05) is 26.0 Å². The van der Waals surface area contributed by atoms with Crippen molar-refractivity contribution < 1.29 is 4.74 Å². The Morgan fingerprint density at radius 2 is 2.42 bits per heavy atom. The number of ether oxygens (including phenoxy) is 1. The van der Waals surface area contributed by atoms with Crippen molar-refractivity contribution in [1.29, 1.82) is 0 Å². The van der Waals surface area contributed by atoms with Gasteiger partial charge in [0.05, 0.1) is 5.69 Å². The van der Waals surface area contributed by atoms with Crippen LogP contribution in [-0.4, -0.2) is 17.6 Å². The molecule has 12 heavy (non-hydrogen) atoms. The fourth-order valence-corrected chi connectivity index (χ4v) is 0.859. The number of hydrogen-bond donors (Lipinski definition) is 1. The molecule has 1 atom stereocenters. The predicted molar refractivity (Wildman–Crippen MR) is 48.1 cm³/mol. The van der Waals surface area contributed by atoms with E-state index in [1.54, 1.807) is 6.20 Å². The maximum atomic E-state index is 5.51. The van der Waals surface area contributed by atoms with Gasteiger partial charge in [-0.05, 0) is 26.0 Å². The van der Waals surface area contributed by atoms with E-state index in [-0.39, 0.29) is 6.10 Å². The number of rotatable bonds is 3. The Morgan fingerprint density at radius 3 is 3.00 bits per heavy atom. The molecular weight excluding hydrogens is 152 g/mol. The van der Waals surface area contributed by atoms with Gasteiger partial charge in [0.1, 0.15) is 11.9 Å². The van der Waals surface area contributed by atoms with Crippen LogP contribution >= 0.6 is 0 Å². The summed E-state index contributed by atoms with van der Waals surface area (Å²) in [4.78, 5) is 4.10. The second kappa shape index (κ2) is 4.07. The first-order valence-corrected chi connectivity index (χ1v) is 4.02. The molecule has 1 aromatic heterocycles. The maximum Gasteiger partial charge on any atom is 0.140 e. The van der Waals surface area contributed by atoms with E-state index < -0.39 is 0 Å². The number of pyridine rings is 1. The molecule has 0 spiro atoms. The minimum atomic E-state index is 0.0490. The van der Waals surface area contributed by atoms with Gasteiger partial charge >= 0.3 is 0 Å². The average Bonchev–Trinajstić information content (AvgIpc) is 2.09. The van der Waals surface area contributed by atoms with Crippen LogP contribution in [0.3, 0.4) is 0 Å². The van der Waals surface area contributed by atoms with Gasteiger partial charge in [-0.1, -0.05) is 0 Å². The summed E-state index contributed by atoms with van der Waals surface area (Å²) < 4.78 is 5.51. The third-order valence-corrected chi connectivity index (χ3v) is 1.62. The third kappa shape index (κ3) is 2.20. The number of aromatic nitrogens is 1. The molecular formula is C9H14N2O. The molecule has 0 aliphatic carbocycles. The van der Waals surface area contributed by atoms with E-state index in [2.05, 4.69) is 4.98 Å². The van der Waals surface area contributed by atoms with E-state index in [4.69, 9.17) is 10.5 Å². The molecule has 0 amide bonds. The van der Waals surface area contributed by atoms with Gasteiger partial charge < -0.3 is 10.5 Å². The van der Waals surface area contributed by atoms with Gasteiger partial charge in [0.2, 0.25) is 0 Å². The van der Waals surface area contributed by atoms with Gasteiger partial charge in [-0.25, -0.2) is 0 Å². The van der Waals surface area contributed by atoms with E-state index in [9.17, 15) is 0 Å². The summed E-state index contributed by atoms with van der Waals surface area (Å²) in [7, 11) is 0. The highest BCUT2D eigenvalue weighted by atomic mass is 16.5. The normalized spacial score (nSPS) is 12.6. The Morgan fingerprint density at radius 1 is 1.67 bits per heavy atom. The molecule has 0 bridgehead atoms.